The van der Waals surface area contributed by atoms with Crippen LogP contribution in [-0.2, 0) is 13.6 Å². The average molecular weight is 264 g/mol. The summed E-state index contributed by atoms with van der Waals surface area (Å²) in [7, 11) is 1.74. The van der Waals surface area contributed by atoms with E-state index in [-0.39, 0.29) is 5.88 Å². The Kier molecular flexibility index (Phi) is 4.11. The fraction of sp³-hybridized carbons (Fsp3) is 0.385. The van der Waals surface area contributed by atoms with Gasteiger partial charge in [0.1, 0.15) is 0 Å². The molecule has 19 heavy (non-hydrogen) atoms. The van der Waals surface area contributed by atoms with Crippen LogP contribution in [0.2, 0.25) is 0 Å². The third kappa shape index (κ3) is 3.08. The molecule has 0 aliphatic heterocycles. The van der Waals surface area contributed by atoms with Crippen LogP contribution in [0.4, 0.5) is 4.39 Å². The maximum Gasteiger partial charge on any atom is 0.257 e. The van der Waals surface area contributed by atoms with Crippen molar-refractivity contribution >= 4 is 0 Å². The predicted molar refractivity (Wildman–Crippen MR) is 69.6 cm³/mol. The topological polar surface area (TPSA) is 52.0 Å². The van der Waals surface area contributed by atoms with Crippen LogP contribution in [0.25, 0.3) is 0 Å². The fourth-order valence-corrected chi connectivity index (χ4v) is 1.71. The standard InChI is InChI=1S/C13H17FN4O/c1-4-15-8-10-5-6-16-13(12(10)14)19-11-7-9(2)17-18(11)3/h5-7,15H,4,8H2,1-3H3. The smallest absolute Gasteiger partial charge is 0.257 e. The predicted octanol–water partition coefficient (Wildman–Crippen LogP) is 2.16. The van der Waals surface area contributed by atoms with Crippen molar-refractivity contribution in [3.05, 3.63) is 35.4 Å². The second-order valence-electron chi connectivity index (χ2n) is 4.22. The third-order valence-corrected chi connectivity index (χ3v) is 2.66. The van der Waals surface area contributed by atoms with Gasteiger partial charge in [0.2, 0.25) is 5.88 Å². The monoisotopic (exact) mass is 264 g/mol. The van der Waals surface area contributed by atoms with Gasteiger partial charge in [-0.1, -0.05) is 6.92 Å². The largest absolute Gasteiger partial charge is 0.418 e. The summed E-state index contributed by atoms with van der Waals surface area (Å²) >= 11 is 0. The van der Waals surface area contributed by atoms with E-state index in [9.17, 15) is 4.39 Å². The van der Waals surface area contributed by atoms with Crippen LogP contribution in [0.15, 0.2) is 18.3 Å². The minimum absolute atomic E-state index is 0.0293. The summed E-state index contributed by atoms with van der Waals surface area (Å²) in [4.78, 5) is 3.93. The van der Waals surface area contributed by atoms with Gasteiger partial charge in [-0.15, -0.1) is 0 Å². The van der Waals surface area contributed by atoms with Gasteiger partial charge in [-0.05, 0) is 19.5 Å². The number of aromatic nitrogens is 3. The molecule has 0 saturated heterocycles. The Bertz CT molecular complexity index is 568. The van der Waals surface area contributed by atoms with Gasteiger partial charge in [-0.3, -0.25) is 0 Å². The molecule has 5 nitrogen and oxygen atoms in total. The van der Waals surface area contributed by atoms with Gasteiger partial charge < -0.3 is 10.1 Å². The molecule has 0 aromatic carbocycles. The van der Waals surface area contributed by atoms with E-state index >= 15 is 0 Å². The van der Waals surface area contributed by atoms with Gasteiger partial charge in [0.15, 0.2) is 5.82 Å². The van der Waals surface area contributed by atoms with Crippen LogP contribution in [0.3, 0.4) is 0 Å². The molecule has 0 fully saturated rings. The molecule has 0 atom stereocenters. The van der Waals surface area contributed by atoms with E-state index in [0.29, 0.717) is 18.0 Å². The van der Waals surface area contributed by atoms with E-state index in [1.807, 2.05) is 13.8 Å². The molecular weight excluding hydrogens is 247 g/mol. The molecule has 2 rings (SSSR count). The Morgan fingerprint density at radius 2 is 2.26 bits per heavy atom. The molecule has 0 aliphatic carbocycles. The van der Waals surface area contributed by atoms with Gasteiger partial charge in [0.25, 0.3) is 5.88 Å². The van der Waals surface area contributed by atoms with Crippen molar-refractivity contribution in [2.24, 2.45) is 7.05 Å². The highest BCUT2D eigenvalue weighted by molar-refractivity contribution is 5.27. The van der Waals surface area contributed by atoms with Crippen LogP contribution < -0.4 is 10.1 Å². The van der Waals surface area contributed by atoms with Crippen molar-refractivity contribution in [1.82, 2.24) is 20.1 Å². The highest BCUT2D eigenvalue weighted by Crippen LogP contribution is 2.24. The summed E-state index contributed by atoms with van der Waals surface area (Å²) in [6.45, 7) is 5.04. The molecule has 2 aromatic heterocycles. The van der Waals surface area contributed by atoms with E-state index in [2.05, 4.69) is 15.4 Å². The highest BCUT2D eigenvalue weighted by atomic mass is 19.1. The van der Waals surface area contributed by atoms with Gasteiger partial charge in [-0.2, -0.15) is 5.10 Å². The molecule has 0 amide bonds. The summed E-state index contributed by atoms with van der Waals surface area (Å²) in [6, 6.07) is 3.37. The molecule has 0 unspecified atom stereocenters. The molecule has 0 aliphatic rings. The molecule has 0 saturated carbocycles. The number of hydrogen-bond acceptors (Lipinski definition) is 4. The van der Waals surface area contributed by atoms with Gasteiger partial charge in [-0.25, -0.2) is 14.1 Å². The minimum atomic E-state index is -0.442. The number of nitrogens with one attached hydrogen (secondary N) is 1. The van der Waals surface area contributed by atoms with Crippen molar-refractivity contribution in [3.8, 4) is 11.8 Å². The zero-order valence-electron chi connectivity index (χ0n) is 11.3. The first-order valence-corrected chi connectivity index (χ1v) is 6.14. The van der Waals surface area contributed by atoms with Gasteiger partial charge in [0, 0.05) is 31.4 Å². The lowest BCUT2D eigenvalue weighted by atomic mass is 10.2. The van der Waals surface area contributed by atoms with Crippen molar-refractivity contribution in [2.75, 3.05) is 6.54 Å². The van der Waals surface area contributed by atoms with Crippen LogP contribution in [0.1, 0.15) is 18.2 Å². The number of nitrogens with zero attached hydrogens (tertiary/aromatic N) is 3. The number of hydrogen-bond donors (Lipinski definition) is 1. The number of aryl methyl sites for hydroxylation is 2. The molecule has 2 aromatic rings. The van der Waals surface area contributed by atoms with Crippen molar-refractivity contribution in [1.29, 1.82) is 0 Å². The first-order valence-electron chi connectivity index (χ1n) is 6.14. The van der Waals surface area contributed by atoms with Crippen LogP contribution in [-0.4, -0.2) is 21.3 Å². The Morgan fingerprint density at radius 3 is 2.89 bits per heavy atom. The third-order valence-electron chi connectivity index (χ3n) is 2.66. The van der Waals surface area contributed by atoms with Crippen LogP contribution in [0, 0.1) is 12.7 Å². The van der Waals surface area contributed by atoms with E-state index < -0.39 is 5.82 Å². The van der Waals surface area contributed by atoms with E-state index in [1.54, 1.807) is 23.9 Å². The maximum atomic E-state index is 14.2. The van der Waals surface area contributed by atoms with E-state index in [4.69, 9.17) is 4.74 Å². The Morgan fingerprint density at radius 1 is 1.47 bits per heavy atom. The quantitative estimate of drug-likeness (QED) is 0.899. The molecule has 0 radical (unpaired) electrons. The summed E-state index contributed by atoms with van der Waals surface area (Å²) in [5.41, 5.74) is 1.34. The van der Waals surface area contributed by atoms with Crippen molar-refractivity contribution in [2.45, 2.75) is 20.4 Å². The molecule has 1 N–H and O–H groups in total. The summed E-state index contributed by atoms with van der Waals surface area (Å²) in [5, 5.41) is 7.21. The zero-order valence-corrected chi connectivity index (χ0v) is 11.3. The zero-order chi connectivity index (χ0) is 13.8. The Balaban J connectivity index is 2.23. The lowest BCUT2D eigenvalue weighted by Crippen LogP contribution is -2.13. The minimum Gasteiger partial charge on any atom is -0.418 e. The maximum absolute atomic E-state index is 14.2. The second-order valence-corrected chi connectivity index (χ2v) is 4.22. The number of pyridine rings is 1. The first kappa shape index (κ1) is 13.5. The fourth-order valence-electron chi connectivity index (χ4n) is 1.71. The molecule has 0 bridgehead atoms. The van der Waals surface area contributed by atoms with Gasteiger partial charge in [0.05, 0.1) is 5.69 Å². The molecule has 2 heterocycles. The highest BCUT2D eigenvalue weighted by Gasteiger charge is 2.13. The lowest BCUT2D eigenvalue weighted by molar-refractivity contribution is 0.384. The Labute approximate surface area is 111 Å². The lowest BCUT2D eigenvalue weighted by Gasteiger charge is -2.08. The van der Waals surface area contributed by atoms with Crippen molar-refractivity contribution in [3.63, 3.8) is 0 Å². The van der Waals surface area contributed by atoms with Crippen LogP contribution >= 0.6 is 0 Å². The number of halogens is 1. The van der Waals surface area contributed by atoms with Crippen LogP contribution in [0.5, 0.6) is 11.8 Å². The number of ether oxygens (including phenoxy) is 1. The molecule has 102 valence electrons. The Hall–Kier alpha value is -1.95. The molecule has 6 heteroatoms. The molecular formula is C13H17FN4O. The summed E-state index contributed by atoms with van der Waals surface area (Å²) < 4.78 is 21.2. The SMILES string of the molecule is CCNCc1ccnc(Oc2cc(C)nn2C)c1F. The first-order chi connectivity index (χ1) is 9.11. The normalized spacial score (nSPS) is 10.7. The van der Waals surface area contributed by atoms with Crippen molar-refractivity contribution < 1.29 is 9.13 Å². The average Bonchev–Trinajstić information content (AvgIpc) is 2.69. The number of rotatable bonds is 5. The van der Waals surface area contributed by atoms with Gasteiger partial charge >= 0.3 is 0 Å². The summed E-state index contributed by atoms with van der Waals surface area (Å²) in [6.07, 6.45) is 1.54. The second kappa shape index (κ2) is 5.79. The van der Waals surface area contributed by atoms with E-state index in [1.165, 1.54) is 6.20 Å². The van der Waals surface area contributed by atoms with E-state index in [0.717, 1.165) is 12.2 Å². The summed E-state index contributed by atoms with van der Waals surface area (Å²) in [5.74, 6) is -0.00907. The molecule has 0 spiro atoms.